The van der Waals surface area contributed by atoms with Crippen molar-refractivity contribution in [2.24, 2.45) is 0 Å². The minimum Gasteiger partial charge on any atom is -0.497 e. The van der Waals surface area contributed by atoms with Gasteiger partial charge in [0.2, 0.25) is 5.91 Å². The average Bonchev–Trinajstić information content (AvgIpc) is 3.16. The standard InChI is InChI=1S/C20H15FN4O4/c1-28-15-7-5-14(6-8-15)23-16(26)10-25-11-22-19-17(20(25)27)18(24-29-19)12-3-2-4-13(21)9-12/h2-9,11H,10H2,1H3,(H,23,26). The van der Waals surface area contributed by atoms with E-state index in [9.17, 15) is 14.0 Å². The Kier molecular flexibility index (Phi) is 4.78. The van der Waals surface area contributed by atoms with Gasteiger partial charge in [0.15, 0.2) is 0 Å². The van der Waals surface area contributed by atoms with Crippen LogP contribution in [0.1, 0.15) is 0 Å². The zero-order chi connectivity index (χ0) is 20.4. The van der Waals surface area contributed by atoms with E-state index in [4.69, 9.17) is 9.26 Å². The molecule has 2 heterocycles. The number of carbonyl (C=O) groups is 1. The van der Waals surface area contributed by atoms with Gasteiger partial charge in [-0.25, -0.2) is 9.37 Å². The molecular formula is C20H15FN4O4. The van der Waals surface area contributed by atoms with Gasteiger partial charge in [-0.05, 0) is 36.4 Å². The predicted octanol–water partition coefficient (Wildman–Crippen LogP) is 2.84. The van der Waals surface area contributed by atoms with Crippen LogP contribution in [-0.4, -0.2) is 27.7 Å². The first-order valence-corrected chi connectivity index (χ1v) is 8.60. The van der Waals surface area contributed by atoms with E-state index in [-0.39, 0.29) is 23.3 Å². The fraction of sp³-hybridized carbons (Fsp3) is 0.100. The number of anilines is 1. The Balaban J connectivity index is 1.62. The number of fused-ring (bicyclic) bond motifs is 1. The number of hydrogen-bond acceptors (Lipinski definition) is 6. The van der Waals surface area contributed by atoms with Crippen LogP contribution < -0.4 is 15.6 Å². The lowest BCUT2D eigenvalue weighted by molar-refractivity contribution is -0.116. The van der Waals surface area contributed by atoms with Crippen molar-refractivity contribution in [3.05, 3.63) is 71.0 Å². The predicted molar refractivity (Wildman–Crippen MR) is 103 cm³/mol. The first kappa shape index (κ1) is 18.4. The molecule has 9 heteroatoms. The van der Waals surface area contributed by atoms with Crippen LogP contribution in [0.2, 0.25) is 0 Å². The van der Waals surface area contributed by atoms with Crippen molar-refractivity contribution in [1.82, 2.24) is 14.7 Å². The maximum absolute atomic E-state index is 13.5. The summed E-state index contributed by atoms with van der Waals surface area (Å²) in [5.41, 5.74) is 0.606. The Hall–Kier alpha value is -4.01. The second kappa shape index (κ2) is 7.55. The molecule has 0 unspecified atom stereocenters. The molecule has 0 atom stereocenters. The third kappa shape index (κ3) is 3.70. The maximum atomic E-state index is 13.5. The summed E-state index contributed by atoms with van der Waals surface area (Å²) in [7, 11) is 1.55. The molecule has 2 aromatic carbocycles. The molecule has 0 aliphatic rings. The van der Waals surface area contributed by atoms with Gasteiger partial charge in [-0.15, -0.1) is 0 Å². The number of carbonyl (C=O) groups excluding carboxylic acids is 1. The van der Waals surface area contributed by atoms with Gasteiger partial charge in [-0.1, -0.05) is 17.3 Å². The molecule has 0 fully saturated rings. The highest BCUT2D eigenvalue weighted by molar-refractivity contribution is 5.91. The van der Waals surface area contributed by atoms with E-state index in [0.29, 0.717) is 17.0 Å². The third-order valence-corrected chi connectivity index (χ3v) is 4.25. The van der Waals surface area contributed by atoms with Crippen LogP contribution in [0, 0.1) is 5.82 Å². The topological polar surface area (TPSA) is 99.2 Å². The lowest BCUT2D eigenvalue weighted by Gasteiger charge is -2.08. The maximum Gasteiger partial charge on any atom is 0.267 e. The highest BCUT2D eigenvalue weighted by Crippen LogP contribution is 2.24. The number of nitrogens with zero attached hydrogens (tertiary/aromatic N) is 3. The molecule has 0 spiro atoms. The molecule has 0 saturated carbocycles. The van der Waals surface area contributed by atoms with Crippen LogP contribution in [0.15, 0.2) is 64.2 Å². The van der Waals surface area contributed by atoms with Gasteiger partial charge in [-0.3, -0.25) is 14.2 Å². The minimum absolute atomic E-state index is 0.0149. The number of amides is 1. The molecule has 2 aromatic heterocycles. The number of hydrogen-bond donors (Lipinski definition) is 1. The molecule has 0 aliphatic carbocycles. The number of halogens is 1. The SMILES string of the molecule is COc1ccc(NC(=O)Cn2cnc3onc(-c4cccc(F)c4)c3c2=O)cc1. The summed E-state index contributed by atoms with van der Waals surface area (Å²) in [4.78, 5) is 29.3. The molecule has 1 amide bonds. The molecule has 29 heavy (non-hydrogen) atoms. The lowest BCUT2D eigenvalue weighted by atomic mass is 10.1. The largest absolute Gasteiger partial charge is 0.497 e. The summed E-state index contributed by atoms with van der Waals surface area (Å²) < 4.78 is 24.8. The Labute approximate surface area is 163 Å². The molecule has 4 aromatic rings. The number of ether oxygens (including phenoxy) is 1. The molecule has 146 valence electrons. The molecule has 4 rings (SSSR count). The highest BCUT2D eigenvalue weighted by atomic mass is 19.1. The Morgan fingerprint density at radius 2 is 2.03 bits per heavy atom. The molecular weight excluding hydrogens is 379 g/mol. The van der Waals surface area contributed by atoms with Crippen LogP contribution in [-0.2, 0) is 11.3 Å². The highest BCUT2D eigenvalue weighted by Gasteiger charge is 2.18. The average molecular weight is 394 g/mol. The molecule has 0 radical (unpaired) electrons. The monoisotopic (exact) mass is 394 g/mol. The Morgan fingerprint density at radius 1 is 1.24 bits per heavy atom. The van der Waals surface area contributed by atoms with Crippen molar-refractivity contribution < 1.29 is 18.4 Å². The van der Waals surface area contributed by atoms with Crippen molar-refractivity contribution in [1.29, 1.82) is 0 Å². The third-order valence-electron chi connectivity index (χ3n) is 4.25. The van der Waals surface area contributed by atoms with Gasteiger partial charge in [0.1, 0.15) is 35.5 Å². The van der Waals surface area contributed by atoms with Crippen molar-refractivity contribution in [2.75, 3.05) is 12.4 Å². The summed E-state index contributed by atoms with van der Waals surface area (Å²) in [5.74, 6) is -0.227. The van der Waals surface area contributed by atoms with Gasteiger partial charge >= 0.3 is 0 Å². The van der Waals surface area contributed by atoms with Crippen molar-refractivity contribution >= 4 is 22.7 Å². The van der Waals surface area contributed by atoms with Crippen molar-refractivity contribution in [3.8, 4) is 17.0 Å². The van der Waals surface area contributed by atoms with Crippen LogP contribution in [0.3, 0.4) is 0 Å². The quantitative estimate of drug-likeness (QED) is 0.559. The van der Waals surface area contributed by atoms with Gasteiger partial charge in [-0.2, -0.15) is 0 Å². The van der Waals surface area contributed by atoms with Gasteiger partial charge < -0.3 is 14.6 Å². The van der Waals surface area contributed by atoms with Gasteiger partial charge in [0.25, 0.3) is 11.3 Å². The first-order chi connectivity index (χ1) is 14.0. The second-order valence-electron chi connectivity index (χ2n) is 6.18. The molecule has 0 aliphatic heterocycles. The van der Waals surface area contributed by atoms with E-state index >= 15 is 0 Å². The number of methoxy groups -OCH3 is 1. The van der Waals surface area contributed by atoms with Gasteiger partial charge in [0.05, 0.1) is 7.11 Å². The normalized spacial score (nSPS) is 10.8. The second-order valence-corrected chi connectivity index (χ2v) is 6.18. The number of rotatable bonds is 5. The van der Waals surface area contributed by atoms with E-state index in [1.165, 1.54) is 24.5 Å². The smallest absolute Gasteiger partial charge is 0.267 e. The Morgan fingerprint density at radius 3 is 2.76 bits per heavy atom. The number of nitrogens with one attached hydrogen (secondary N) is 1. The molecule has 1 N–H and O–H groups in total. The van der Waals surface area contributed by atoms with Crippen molar-refractivity contribution in [2.45, 2.75) is 6.54 Å². The molecule has 0 saturated heterocycles. The fourth-order valence-electron chi connectivity index (χ4n) is 2.86. The molecule has 8 nitrogen and oxygen atoms in total. The number of benzene rings is 2. The summed E-state index contributed by atoms with van der Waals surface area (Å²) in [5, 5.41) is 6.61. The lowest BCUT2D eigenvalue weighted by Crippen LogP contribution is -2.27. The zero-order valence-electron chi connectivity index (χ0n) is 15.3. The van der Waals surface area contributed by atoms with E-state index < -0.39 is 17.3 Å². The summed E-state index contributed by atoms with van der Waals surface area (Å²) >= 11 is 0. The van der Waals surface area contributed by atoms with Gasteiger partial charge in [0, 0.05) is 11.3 Å². The Bertz CT molecular complexity index is 1250. The summed E-state index contributed by atoms with van der Waals surface area (Å²) in [6.07, 6.45) is 1.21. The zero-order valence-corrected chi connectivity index (χ0v) is 15.3. The minimum atomic E-state index is -0.514. The van der Waals surface area contributed by atoms with E-state index in [1.54, 1.807) is 37.4 Å². The van der Waals surface area contributed by atoms with Crippen LogP contribution in [0.5, 0.6) is 5.75 Å². The van der Waals surface area contributed by atoms with Crippen molar-refractivity contribution in [3.63, 3.8) is 0 Å². The fourth-order valence-corrected chi connectivity index (χ4v) is 2.86. The van der Waals surface area contributed by atoms with E-state index in [0.717, 1.165) is 4.57 Å². The van der Waals surface area contributed by atoms with Crippen LogP contribution in [0.25, 0.3) is 22.4 Å². The molecule has 0 bridgehead atoms. The van der Waals surface area contributed by atoms with E-state index in [1.807, 2.05) is 0 Å². The number of aromatic nitrogens is 3. The van der Waals surface area contributed by atoms with E-state index in [2.05, 4.69) is 15.5 Å². The van der Waals surface area contributed by atoms with Crippen LogP contribution >= 0.6 is 0 Å². The first-order valence-electron chi connectivity index (χ1n) is 8.60. The van der Waals surface area contributed by atoms with Crippen LogP contribution in [0.4, 0.5) is 10.1 Å². The summed E-state index contributed by atoms with van der Waals surface area (Å²) in [6, 6.07) is 12.4. The summed E-state index contributed by atoms with van der Waals surface area (Å²) in [6.45, 7) is -0.262.